The highest BCUT2D eigenvalue weighted by Gasteiger charge is 2.22. The van der Waals surface area contributed by atoms with Crippen LogP contribution in [0.15, 0.2) is 30.0 Å². The Morgan fingerprint density at radius 2 is 2.04 bits per heavy atom. The lowest BCUT2D eigenvalue weighted by molar-refractivity contribution is 0.412. The van der Waals surface area contributed by atoms with Crippen LogP contribution in [0.4, 0.5) is 5.82 Å². The van der Waals surface area contributed by atoms with Crippen LogP contribution in [0.25, 0.3) is 10.2 Å². The van der Waals surface area contributed by atoms with Crippen LogP contribution >= 0.6 is 11.3 Å². The molecule has 1 N–H and O–H groups in total. The van der Waals surface area contributed by atoms with Gasteiger partial charge in [0.15, 0.2) is 0 Å². The van der Waals surface area contributed by atoms with Crippen LogP contribution in [-0.2, 0) is 6.42 Å². The van der Waals surface area contributed by atoms with Gasteiger partial charge in [0.1, 0.15) is 12.1 Å². The Balaban J connectivity index is 1.25. The van der Waals surface area contributed by atoms with E-state index >= 15 is 0 Å². The van der Waals surface area contributed by atoms with E-state index in [1.165, 1.54) is 35.1 Å². The van der Waals surface area contributed by atoms with Crippen molar-refractivity contribution in [1.82, 2.24) is 20.3 Å². The molecule has 0 spiro atoms. The lowest BCUT2D eigenvalue weighted by atomic mass is 10.0. The van der Waals surface area contributed by atoms with E-state index < -0.39 is 0 Å². The second kappa shape index (κ2) is 8.31. The molecule has 1 fully saturated rings. The number of hydrogen-bond donors (Lipinski definition) is 1. The Bertz CT molecular complexity index is 898. The number of rotatable bonds is 6. The number of aryl methyl sites for hydroxylation is 3. The van der Waals surface area contributed by atoms with Crippen LogP contribution in [0.1, 0.15) is 36.1 Å². The SMILES string of the molecule is Cc1cc(CCCNC2CCN(c3ncnc4c(C)csc34)CC2)ccn1. The van der Waals surface area contributed by atoms with Crippen LogP contribution < -0.4 is 10.2 Å². The maximum absolute atomic E-state index is 4.58. The molecule has 142 valence electrons. The van der Waals surface area contributed by atoms with E-state index in [1.54, 1.807) is 17.7 Å². The smallest absolute Gasteiger partial charge is 0.150 e. The Labute approximate surface area is 164 Å². The summed E-state index contributed by atoms with van der Waals surface area (Å²) < 4.78 is 1.23. The number of anilines is 1. The van der Waals surface area contributed by atoms with E-state index in [4.69, 9.17) is 0 Å². The van der Waals surface area contributed by atoms with Crippen molar-refractivity contribution < 1.29 is 0 Å². The third-order valence-corrected chi connectivity index (χ3v) is 6.43. The van der Waals surface area contributed by atoms with E-state index in [0.29, 0.717) is 6.04 Å². The van der Waals surface area contributed by atoms with Crippen LogP contribution in [0.2, 0.25) is 0 Å². The monoisotopic (exact) mass is 381 g/mol. The van der Waals surface area contributed by atoms with Crippen molar-refractivity contribution in [1.29, 1.82) is 0 Å². The number of nitrogens with zero attached hydrogens (tertiary/aromatic N) is 4. The first-order chi connectivity index (χ1) is 13.2. The molecule has 0 saturated carbocycles. The van der Waals surface area contributed by atoms with Crippen molar-refractivity contribution in [3.8, 4) is 0 Å². The van der Waals surface area contributed by atoms with Gasteiger partial charge in [0.05, 0.1) is 10.2 Å². The molecule has 27 heavy (non-hydrogen) atoms. The molecule has 4 heterocycles. The Kier molecular flexibility index (Phi) is 5.64. The summed E-state index contributed by atoms with van der Waals surface area (Å²) in [5.41, 5.74) is 4.85. The number of hydrogen-bond acceptors (Lipinski definition) is 6. The average molecular weight is 382 g/mol. The maximum atomic E-state index is 4.58. The molecule has 0 aromatic carbocycles. The first-order valence-electron chi connectivity index (χ1n) is 9.79. The predicted molar refractivity (Wildman–Crippen MR) is 113 cm³/mol. The van der Waals surface area contributed by atoms with E-state index in [2.05, 4.69) is 56.5 Å². The molecule has 0 radical (unpaired) electrons. The van der Waals surface area contributed by atoms with Gasteiger partial charge >= 0.3 is 0 Å². The summed E-state index contributed by atoms with van der Waals surface area (Å²) >= 11 is 1.76. The quantitative estimate of drug-likeness (QED) is 0.657. The summed E-state index contributed by atoms with van der Waals surface area (Å²) in [6.07, 6.45) is 8.25. The van der Waals surface area contributed by atoms with E-state index in [9.17, 15) is 0 Å². The van der Waals surface area contributed by atoms with Gasteiger partial charge in [0.2, 0.25) is 0 Å². The number of aromatic nitrogens is 3. The zero-order valence-electron chi connectivity index (χ0n) is 16.1. The van der Waals surface area contributed by atoms with Crippen LogP contribution in [0.5, 0.6) is 0 Å². The van der Waals surface area contributed by atoms with Gasteiger partial charge in [-0.3, -0.25) is 4.98 Å². The highest BCUT2D eigenvalue weighted by atomic mass is 32.1. The van der Waals surface area contributed by atoms with Gasteiger partial charge in [-0.25, -0.2) is 9.97 Å². The lowest BCUT2D eigenvalue weighted by Crippen LogP contribution is -2.43. The summed E-state index contributed by atoms with van der Waals surface area (Å²) in [5.74, 6) is 1.12. The molecular formula is C21H27N5S. The standard InChI is InChI=1S/C21H27N5S/c1-15-13-27-20-19(15)24-14-25-21(20)26-10-6-18(7-11-26)23-8-3-4-17-5-9-22-16(2)12-17/h5,9,12-14,18,23H,3-4,6-8,10-11H2,1-2H3. The van der Waals surface area contributed by atoms with Crippen LogP contribution in [-0.4, -0.2) is 40.6 Å². The van der Waals surface area contributed by atoms with Gasteiger partial charge in [-0.1, -0.05) is 0 Å². The highest BCUT2D eigenvalue weighted by molar-refractivity contribution is 7.18. The van der Waals surface area contributed by atoms with Crippen LogP contribution in [0, 0.1) is 13.8 Å². The summed E-state index contributed by atoms with van der Waals surface area (Å²) in [7, 11) is 0. The third kappa shape index (κ3) is 4.28. The number of piperidine rings is 1. The van der Waals surface area contributed by atoms with Crippen molar-refractivity contribution in [3.63, 3.8) is 0 Å². The Morgan fingerprint density at radius 1 is 1.19 bits per heavy atom. The minimum absolute atomic E-state index is 0.614. The molecule has 0 amide bonds. The van der Waals surface area contributed by atoms with Crippen molar-refractivity contribution in [2.45, 2.75) is 45.6 Å². The van der Waals surface area contributed by atoms with Crippen molar-refractivity contribution in [2.24, 2.45) is 0 Å². The second-order valence-electron chi connectivity index (χ2n) is 7.42. The molecule has 0 unspecified atom stereocenters. The van der Waals surface area contributed by atoms with E-state index in [0.717, 1.165) is 43.1 Å². The highest BCUT2D eigenvalue weighted by Crippen LogP contribution is 2.32. The Morgan fingerprint density at radius 3 is 2.85 bits per heavy atom. The Hall–Kier alpha value is -2.05. The van der Waals surface area contributed by atoms with Crippen molar-refractivity contribution in [2.75, 3.05) is 24.5 Å². The van der Waals surface area contributed by atoms with Gasteiger partial charge in [0.25, 0.3) is 0 Å². The van der Waals surface area contributed by atoms with Crippen molar-refractivity contribution in [3.05, 3.63) is 46.9 Å². The predicted octanol–water partition coefficient (Wildman–Crippen LogP) is 3.89. The summed E-state index contributed by atoms with van der Waals surface area (Å²) in [6, 6.07) is 4.93. The molecule has 0 aliphatic carbocycles. The molecule has 1 aliphatic heterocycles. The van der Waals surface area contributed by atoms with Gasteiger partial charge in [-0.15, -0.1) is 11.3 Å². The van der Waals surface area contributed by atoms with Gasteiger partial charge in [0, 0.05) is 31.0 Å². The number of pyridine rings is 1. The molecule has 6 heteroatoms. The molecule has 0 atom stereocenters. The van der Waals surface area contributed by atoms with E-state index in [-0.39, 0.29) is 0 Å². The average Bonchev–Trinajstić information content (AvgIpc) is 3.07. The molecule has 3 aromatic rings. The van der Waals surface area contributed by atoms with Gasteiger partial charge < -0.3 is 10.2 Å². The molecule has 1 aliphatic rings. The van der Waals surface area contributed by atoms with Gasteiger partial charge in [-0.2, -0.15) is 0 Å². The minimum Gasteiger partial charge on any atom is -0.355 e. The third-order valence-electron chi connectivity index (χ3n) is 5.34. The lowest BCUT2D eigenvalue weighted by Gasteiger charge is -2.33. The topological polar surface area (TPSA) is 53.9 Å². The fraction of sp³-hybridized carbons (Fsp3) is 0.476. The molecule has 4 rings (SSSR count). The first-order valence-corrected chi connectivity index (χ1v) is 10.7. The molecule has 3 aromatic heterocycles. The summed E-state index contributed by atoms with van der Waals surface area (Å²) in [5, 5.41) is 5.93. The minimum atomic E-state index is 0.614. The maximum Gasteiger partial charge on any atom is 0.150 e. The number of fused-ring (bicyclic) bond motifs is 1. The van der Waals surface area contributed by atoms with Gasteiger partial charge in [-0.05, 0) is 74.7 Å². The van der Waals surface area contributed by atoms with Crippen LogP contribution in [0.3, 0.4) is 0 Å². The fourth-order valence-corrected chi connectivity index (χ4v) is 4.85. The largest absolute Gasteiger partial charge is 0.355 e. The fourth-order valence-electron chi connectivity index (χ4n) is 3.84. The number of thiophene rings is 1. The molecule has 1 saturated heterocycles. The zero-order valence-corrected chi connectivity index (χ0v) is 16.9. The van der Waals surface area contributed by atoms with Crippen molar-refractivity contribution >= 4 is 27.4 Å². The summed E-state index contributed by atoms with van der Waals surface area (Å²) in [6.45, 7) is 7.37. The molecule has 0 bridgehead atoms. The zero-order chi connectivity index (χ0) is 18.6. The first kappa shape index (κ1) is 18.3. The number of nitrogens with one attached hydrogen (secondary N) is 1. The molecule has 5 nitrogen and oxygen atoms in total. The normalized spacial score (nSPS) is 15.6. The second-order valence-corrected chi connectivity index (χ2v) is 8.30. The molecular weight excluding hydrogens is 354 g/mol. The van der Waals surface area contributed by atoms with E-state index in [1.807, 2.05) is 6.20 Å². The summed E-state index contributed by atoms with van der Waals surface area (Å²) in [4.78, 5) is 15.7.